The van der Waals surface area contributed by atoms with Gasteiger partial charge in [0, 0.05) is 14.1 Å². The molecule has 0 aliphatic carbocycles. The van der Waals surface area contributed by atoms with Crippen molar-refractivity contribution in [2.75, 3.05) is 26.9 Å². The van der Waals surface area contributed by atoms with Crippen LogP contribution in [0.15, 0.2) is 0 Å². The van der Waals surface area contributed by atoms with Crippen molar-refractivity contribution in [2.45, 2.75) is 5.75 Å². The van der Waals surface area contributed by atoms with Crippen molar-refractivity contribution in [2.24, 2.45) is 0 Å². The number of nitrogens with two attached hydrogens (primary N) is 1. The first-order valence-corrected chi connectivity index (χ1v) is 5.81. The molecule has 0 amide bonds. The van der Waals surface area contributed by atoms with Gasteiger partial charge in [-0.15, -0.1) is 0 Å². The van der Waals surface area contributed by atoms with E-state index in [1.165, 1.54) is 18.9 Å². The Labute approximate surface area is 104 Å². The molecule has 0 unspecified atom stereocenters. The van der Waals surface area contributed by atoms with E-state index in [-0.39, 0.29) is 12.0 Å². The zero-order valence-corrected chi connectivity index (χ0v) is 10.9. The summed E-state index contributed by atoms with van der Waals surface area (Å²) in [6.45, 7) is 0. The van der Waals surface area contributed by atoms with Crippen molar-refractivity contribution in [1.82, 2.24) is 19.9 Å². The number of hydrogen-bond donors (Lipinski definition) is 1. The van der Waals surface area contributed by atoms with Gasteiger partial charge < -0.3 is 15.4 Å². The number of nitrogen functional groups attached to an aromatic ring is 1. The van der Waals surface area contributed by atoms with Gasteiger partial charge in [-0.1, -0.05) is 24.0 Å². The van der Waals surface area contributed by atoms with Gasteiger partial charge in [0.1, 0.15) is 10.1 Å². The Morgan fingerprint density at radius 3 is 2.69 bits per heavy atom. The second-order valence-corrected chi connectivity index (χ2v) is 4.65. The quantitative estimate of drug-likeness (QED) is 0.788. The Morgan fingerprint density at radius 1 is 1.44 bits per heavy atom. The highest BCUT2D eigenvalue weighted by molar-refractivity contribution is 8.22. The van der Waals surface area contributed by atoms with E-state index < -0.39 is 0 Å². The van der Waals surface area contributed by atoms with E-state index in [4.69, 9.17) is 22.7 Å². The van der Waals surface area contributed by atoms with Crippen LogP contribution in [0.5, 0.6) is 6.01 Å². The van der Waals surface area contributed by atoms with Gasteiger partial charge in [-0.25, -0.2) is 0 Å². The van der Waals surface area contributed by atoms with Crippen LogP contribution in [0.1, 0.15) is 5.82 Å². The zero-order valence-electron chi connectivity index (χ0n) is 9.30. The maximum atomic E-state index is 5.51. The van der Waals surface area contributed by atoms with Crippen molar-refractivity contribution in [1.29, 1.82) is 0 Å². The van der Waals surface area contributed by atoms with E-state index >= 15 is 0 Å². The molecule has 0 aromatic carbocycles. The molecule has 1 heterocycles. The lowest BCUT2D eigenvalue weighted by Gasteiger charge is -2.12. The SMILES string of the molecule is COc1nc(N)nc(CSC(=S)N(C)C)n1. The highest BCUT2D eigenvalue weighted by atomic mass is 32.2. The molecule has 0 aliphatic rings. The first-order valence-electron chi connectivity index (χ1n) is 4.41. The van der Waals surface area contributed by atoms with E-state index in [0.29, 0.717) is 11.6 Å². The topological polar surface area (TPSA) is 77.2 Å². The summed E-state index contributed by atoms with van der Waals surface area (Å²) in [4.78, 5) is 13.7. The molecule has 0 atom stereocenters. The molecule has 16 heavy (non-hydrogen) atoms. The maximum Gasteiger partial charge on any atom is 0.321 e. The number of methoxy groups -OCH3 is 1. The first-order chi connectivity index (χ1) is 7.52. The molecule has 0 saturated heterocycles. The number of thioether (sulfide) groups is 1. The smallest absolute Gasteiger partial charge is 0.321 e. The zero-order chi connectivity index (χ0) is 12.1. The van der Waals surface area contributed by atoms with Crippen molar-refractivity contribution in [3.63, 3.8) is 0 Å². The van der Waals surface area contributed by atoms with Gasteiger partial charge in [0.15, 0.2) is 0 Å². The number of ether oxygens (including phenoxy) is 1. The molecule has 6 nitrogen and oxygen atoms in total. The van der Waals surface area contributed by atoms with Gasteiger partial charge >= 0.3 is 6.01 Å². The largest absolute Gasteiger partial charge is 0.467 e. The Kier molecular flexibility index (Phi) is 4.69. The molecule has 0 aliphatic heterocycles. The summed E-state index contributed by atoms with van der Waals surface area (Å²) in [7, 11) is 5.26. The summed E-state index contributed by atoms with van der Waals surface area (Å²) in [5, 5.41) is 0. The minimum absolute atomic E-state index is 0.151. The van der Waals surface area contributed by atoms with E-state index in [2.05, 4.69) is 15.0 Å². The highest BCUT2D eigenvalue weighted by Crippen LogP contribution is 2.14. The summed E-state index contributed by atoms with van der Waals surface area (Å²) in [5.41, 5.74) is 5.51. The van der Waals surface area contributed by atoms with Gasteiger partial charge in [-0.3, -0.25) is 0 Å². The Balaban J connectivity index is 2.67. The highest BCUT2D eigenvalue weighted by Gasteiger charge is 2.07. The minimum Gasteiger partial charge on any atom is -0.467 e. The molecule has 1 aromatic rings. The second kappa shape index (κ2) is 5.80. The molecular weight excluding hydrogens is 246 g/mol. The molecule has 0 spiro atoms. The number of aromatic nitrogens is 3. The number of hydrogen-bond acceptors (Lipinski definition) is 7. The van der Waals surface area contributed by atoms with Crippen LogP contribution in [0.2, 0.25) is 0 Å². The van der Waals surface area contributed by atoms with E-state index in [1.54, 1.807) is 0 Å². The van der Waals surface area contributed by atoms with Crippen molar-refractivity contribution >= 4 is 34.2 Å². The van der Waals surface area contributed by atoms with Gasteiger partial charge in [0.05, 0.1) is 12.9 Å². The first kappa shape index (κ1) is 12.9. The third-order valence-corrected chi connectivity index (χ3v) is 3.28. The van der Waals surface area contributed by atoms with Gasteiger partial charge in [0.25, 0.3) is 0 Å². The summed E-state index contributed by atoms with van der Waals surface area (Å²) < 4.78 is 5.66. The standard InChI is InChI=1S/C8H13N5OS2/c1-13(2)8(15)16-4-5-10-6(9)12-7(11-5)14-3/h4H2,1-3H3,(H2,9,10,11,12). The lowest BCUT2D eigenvalue weighted by Crippen LogP contribution is -2.16. The molecule has 1 aromatic heterocycles. The molecule has 0 saturated carbocycles. The van der Waals surface area contributed by atoms with Crippen LogP contribution in [0.25, 0.3) is 0 Å². The predicted molar refractivity (Wildman–Crippen MR) is 68.4 cm³/mol. The summed E-state index contributed by atoms with van der Waals surface area (Å²) >= 11 is 6.59. The Hall–Kier alpha value is -1.15. The van der Waals surface area contributed by atoms with E-state index in [1.807, 2.05) is 19.0 Å². The molecule has 0 radical (unpaired) electrons. The lowest BCUT2D eigenvalue weighted by atomic mass is 10.7. The number of thiocarbonyl (C=S) groups is 1. The molecule has 2 N–H and O–H groups in total. The fraction of sp³-hybridized carbons (Fsp3) is 0.500. The van der Waals surface area contributed by atoms with Crippen molar-refractivity contribution in [3.8, 4) is 6.01 Å². The summed E-state index contributed by atoms with van der Waals surface area (Å²) in [5.74, 6) is 1.25. The normalized spacial score (nSPS) is 9.94. The molecular formula is C8H13N5OS2. The van der Waals surface area contributed by atoms with Crippen LogP contribution in [0.3, 0.4) is 0 Å². The third kappa shape index (κ3) is 3.78. The summed E-state index contributed by atoms with van der Waals surface area (Å²) in [6, 6.07) is 0.221. The number of nitrogens with zero attached hydrogens (tertiary/aromatic N) is 4. The molecule has 8 heteroatoms. The van der Waals surface area contributed by atoms with Crippen LogP contribution in [-0.4, -0.2) is 45.4 Å². The van der Waals surface area contributed by atoms with Crippen molar-refractivity contribution in [3.05, 3.63) is 5.82 Å². The van der Waals surface area contributed by atoms with Crippen LogP contribution in [0, 0.1) is 0 Å². The minimum atomic E-state index is 0.151. The van der Waals surface area contributed by atoms with Gasteiger partial charge in [-0.05, 0) is 0 Å². The Bertz CT molecular complexity index is 385. The van der Waals surface area contributed by atoms with Crippen LogP contribution < -0.4 is 10.5 Å². The fourth-order valence-corrected chi connectivity index (χ4v) is 1.64. The van der Waals surface area contributed by atoms with Crippen LogP contribution in [0.4, 0.5) is 5.95 Å². The average molecular weight is 259 g/mol. The van der Waals surface area contributed by atoms with Crippen molar-refractivity contribution < 1.29 is 4.74 Å². The van der Waals surface area contributed by atoms with Gasteiger partial charge in [-0.2, -0.15) is 15.0 Å². The van der Waals surface area contributed by atoms with Gasteiger partial charge in [0.2, 0.25) is 5.95 Å². The molecule has 88 valence electrons. The molecule has 0 fully saturated rings. The lowest BCUT2D eigenvalue weighted by molar-refractivity contribution is 0.377. The predicted octanol–water partition coefficient (Wildman–Crippen LogP) is 0.542. The molecule has 0 bridgehead atoms. The maximum absolute atomic E-state index is 5.51. The van der Waals surface area contributed by atoms with E-state index in [9.17, 15) is 0 Å². The average Bonchev–Trinajstić information content (AvgIpc) is 2.24. The second-order valence-electron chi connectivity index (χ2n) is 3.05. The van der Waals surface area contributed by atoms with Crippen LogP contribution in [-0.2, 0) is 5.75 Å². The fourth-order valence-electron chi connectivity index (χ4n) is 0.827. The third-order valence-electron chi connectivity index (χ3n) is 1.55. The molecule has 1 rings (SSSR count). The number of rotatable bonds is 3. The van der Waals surface area contributed by atoms with E-state index in [0.717, 1.165) is 4.32 Å². The monoisotopic (exact) mass is 259 g/mol. The number of anilines is 1. The van der Waals surface area contributed by atoms with Crippen LogP contribution >= 0.6 is 24.0 Å². The summed E-state index contributed by atoms with van der Waals surface area (Å²) in [6.07, 6.45) is 0. The Morgan fingerprint density at radius 2 is 2.12 bits per heavy atom.